The minimum atomic E-state index is -0.576. The summed E-state index contributed by atoms with van der Waals surface area (Å²) < 4.78 is 13.5. The van der Waals surface area contributed by atoms with E-state index < -0.39 is 11.7 Å². The second kappa shape index (κ2) is 4.71. The first-order valence-corrected chi connectivity index (χ1v) is 5.60. The van der Waals surface area contributed by atoms with Crippen LogP contribution in [0, 0.1) is 5.82 Å². The fraction of sp³-hybridized carbons (Fsp3) is 0.417. The molecule has 0 bridgehead atoms. The third-order valence-electron chi connectivity index (χ3n) is 3.07. The van der Waals surface area contributed by atoms with Crippen LogP contribution in [0.1, 0.15) is 23.2 Å². The third-order valence-corrected chi connectivity index (χ3v) is 3.07. The maximum atomic E-state index is 13.5. The molecule has 0 unspecified atom stereocenters. The Labute approximate surface area is 98.8 Å². The van der Waals surface area contributed by atoms with Gasteiger partial charge in [0.05, 0.1) is 18.2 Å². The van der Waals surface area contributed by atoms with Crippen LogP contribution in [0.25, 0.3) is 0 Å². The molecule has 0 aliphatic carbocycles. The van der Waals surface area contributed by atoms with Gasteiger partial charge < -0.3 is 15.7 Å². The van der Waals surface area contributed by atoms with Crippen LogP contribution in [0.4, 0.5) is 10.1 Å². The molecule has 0 radical (unpaired) electrons. The Morgan fingerprint density at radius 1 is 1.59 bits per heavy atom. The number of nitrogens with two attached hydrogens (primary N) is 1. The van der Waals surface area contributed by atoms with Crippen LogP contribution in [-0.4, -0.2) is 35.1 Å². The Bertz CT molecular complexity index is 437. The molecule has 1 heterocycles. The van der Waals surface area contributed by atoms with Crippen molar-refractivity contribution in [3.05, 3.63) is 29.6 Å². The number of hydrogen-bond acceptors (Lipinski definition) is 3. The number of nitrogen functional groups attached to an aromatic ring is 1. The number of carbonyl (C=O) groups is 1. The number of amides is 1. The van der Waals surface area contributed by atoms with E-state index >= 15 is 0 Å². The molecule has 1 atom stereocenters. The Balaban J connectivity index is 2.27. The molecule has 1 aliphatic heterocycles. The lowest BCUT2D eigenvalue weighted by Crippen LogP contribution is -2.38. The predicted octanol–water partition coefficient (Wildman–Crippen LogP) is 1.00. The lowest BCUT2D eigenvalue weighted by Gasteiger charge is -2.23. The van der Waals surface area contributed by atoms with Gasteiger partial charge in [0.2, 0.25) is 0 Å². The molecule has 5 heteroatoms. The van der Waals surface area contributed by atoms with Crippen molar-refractivity contribution in [1.82, 2.24) is 4.90 Å². The summed E-state index contributed by atoms with van der Waals surface area (Å²) in [5.41, 5.74) is 5.88. The number of aliphatic hydroxyl groups is 1. The van der Waals surface area contributed by atoms with E-state index in [4.69, 9.17) is 10.8 Å². The van der Waals surface area contributed by atoms with Gasteiger partial charge >= 0.3 is 0 Å². The van der Waals surface area contributed by atoms with Gasteiger partial charge in [0, 0.05) is 12.2 Å². The molecule has 1 fully saturated rings. The maximum Gasteiger partial charge on any atom is 0.257 e. The number of likely N-dealkylation sites (tertiary alicyclic amines) is 1. The Kier molecular flexibility index (Phi) is 3.28. The summed E-state index contributed by atoms with van der Waals surface area (Å²) in [6.45, 7) is 0.466. The van der Waals surface area contributed by atoms with Crippen LogP contribution in [0.2, 0.25) is 0 Å². The van der Waals surface area contributed by atoms with Crippen molar-refractivity contribution in [2.45, 2.75) is 18.9 Å². The van der Waals surface area contributed by atoms with E-state index in [2.05, 4.69) is 0 Å². The average Bonchev–Trinajstić information content (AvgIpc) is 2.79. The van der Waals surface area contributed by atoms with Gasteiger partial charge in [-0.05, 0) is 31.0 Å². The van der Waals surface area contributed by atoms with Crippen LogP contribution in [0.3, 0.4) is 0 Å². The second-order valence-electron chi connectivity index (χ2n) is 4.22. The van der Waals surface area contributed by atoms with Crippen LogP contribution in [0.5, 0.6) is 0 Å². The monoisotopic (exact) mass is 238 g/mol. The van der Waals surface area contributed by atoms with Gasteiger partial charge in [-0.1, -0.05) is 0 Å². The molecule has 0 saturated carbocycles. The largest absolute Gasteiger partial charge is 0.399 e. The van der Waals surface area contributed by atoms with E-state index in [0.717, 1.165) is 12.8 Å². The summed E-state index contributed by atoms with van der Waals surface area (Å²) in [7, 11) is 0. The predicted molar refractivity (Wildman–Crippen MR) is 62.0 cm³/mol. The van der Waals surface area contributed by atoms with Crippen molar-refractivity contribution < 1.29 is 14.3 Å². The van der Waals surface area contributed by atoms with Crippen molar-refractivity contribution in [3.8, 4) is 0 Å². The van der Waals surface area contributed by atoms with Gasteiger partial charge in [-0.2, -0.15) is 0 Å². The Morgan fingerprint density at radius 3 is 3.06 bits per heavy atom. The summed E-state index contributed by atoms with van der Waals surface area (Å²) >= 11 is 0. The van der Waals surface area contributed by atoms with E-state index in [-0.39, 0.29) is 18.2 Å². The van der Waals surface area contributed by atoms with Gasteiger partial charge in [-0.25, -0.2) is 4.39 Å². The number of hydrogen-bond donors (Lipinski definition) is 2. The Morgan fingerprint density at radius 2 is 2.35 bits per heavy atom. The van der Waals surface area contributed by atoms with E-state index in [9.17, 15) is 9.18 Å². The van der Waals surface area contributed by atoms with Gasteiger partial charge in [0.1, 0.15) is 5.82 Å². The number of nitrogens with zero attached hydrogens (tertiary/aromatic N) is 1. The Hall–Kier alpha value is -1.62. The lowest BCUT2D eigenvalue weighted by molar-refractivity contribution is 0.0673. The van der Waals surface area contributed by atoms with Gasteiger partial charge in [0.15, 0.2) is 0 Å². The highest BCUT2D eigenvalue weighted by molar-refractivity contribution is 5.95. The minimum absolute atomic E-state index is 0.0228. The number of halogens is 1. The molecule has 2 rings (SSSR count). The molecule has 1 aromatic carbocycles. The standard InChI is InChI=1S/C12H15FN2O2/c13-11-4-3-8(14)6-10(11)12(17)15-5-1-2-9(15)7-16/h3-4,6,9,16H,1-2,5,7,14H2/t9-/m0/s1. The van der Waals surface area contributed by atoms with Crippen molar-refractivity contribution in [1.29, 1.82) is 0 Å². The van der Waals surface area contributed by atoms with E-state index in [1.807, 2.05) is 0 Å². The summed E-state index contributed by atoms with van der Waals surface area (Å²) in [6.07, 6.45) is 1.59. The topological polar surface area (TPSA) is 66.6 Å². The first kappa shape index (κ1) is 11.9. The molecule has 3 N–H and O–H groups in total. The summed E-state index contributed by atoms with van der Waals surface area (Å²) in [4.78, 5) is 13.6. The zero-order chi connectivity index (χ0) is 12.4. The number of rotatable bonds is 2. The fourth-order valence-electron chi connectivity index (χ4n) is 2.15. The van der Waals surface area contributed by atoms with Crippen molar-refractivity contribution in [2.24, 2.45) is 0 Å². The number of carbonyl (C=O) groups excluding carboxylic acids is 1. The highest BCUT2D eigenvalue weighted by Gasteiger charge is 2.30. The SMILES string of the molecule is Nc1ccc(F)c(C(=O)N2CCC[C@H]2CO)c1. The fourth-order valence-corrected chi connectivity index (χ4v) is 2.15. The molecule has 1 saturated heterocycles. The molecular formula is C12H15FN2O2. The summed E-state index contributed by atoms with van der Waals surface area (Å²) in [5.74, 6) is -0.973. The maximum absolute atomic E-state index is 13.5. The smallest absolute Gasteiger partial charge is 0.257 e. The number of anilines is 1. The zero-order valence-electron chi connectivity index (χ0n) is 9.40. The molecule has 1 amide bonds. The number of aliphatic hydroxyl groups excluding tert-OH is 1. The van der Waals surface area contributed by atoms with Gasteiger partial charge in [0.25, 0.3) is 5.91 Å². The summed E-state index contributed by atoms with van der Waals surface area (Å²) in [5, 5.41) is 9.14. The first-order valence-electron chi connectivity index (χ1n) is 5.60. The highest BCUT2D eigenvalue weighted by atomic mass is 19.1. The molecule has 0 spiro atoms. The van der Waals surface area contributed by atoms with Gasteiger partial charge in [-0.3, -0.25) is 4.79 Å². The molecule has 17 heavy (non-hydrogen) atoms. The van der Waals surface area contributed by atoms with Crippen molar-refractivity contribution in [3.63, 3.8) is 0 Å². The van der Waals surface area contributed by atoms with Crippen LogP contribution in [-0.2, 0) is 0 Å². The summed E-state index contributed by atoms with van der Waals surface area (Å²) in [6, 6.07) is 3.74. The minimum Gasteiger partial charge on any atom is -0.399 e. The first-order chi connectivity index (χ1) is 8.13. The quantitative estimate of drug-likeness (QED) is 0.755. The van der Waals surface area contributed by atoms with E-state index in [0.29, 0.717) is 12.2 Å². The van der Waals surface area contributed by atoms with Crippen molar-refractivity contribution >= 4 is 11.6 Å². The molecular weight excluding hydrogens is 223 g/mol. The van der Waals surface area contributed by atoms with Crippen LogP contribution < -0.4 is 5.73 Å². The van der Waals surface area contributed by atoms with E-state index in [1.165, 1.54) is 23.1 Å². The highest BCUT2D eigenvalue weighted by Crippen LogP contribution is 2.22. The normalized spacial score (nSPS) is 19.6. The van der Waals surface area contributed by atoms with Crippen LogP contribution in [0.15, 0.2) is 18.2 Å². The molecule has 92 valence electrons. The van der Waals surface area contributed by atoms with Gasteiger partial charge in [-0.15, -0.1) is 0 Å². The third kappa shape index (κ3) is 2.24. The average molecular weight is 238 g/mol. The van der Waals surface area contributed by atoms with Crippen molar-refractivity contribution in [2.75, 3.05) is 18.9 Å². The molecule has 1 aliphatic rings. The molecule has 0 aromatic heterocycles. The van der Waals surface area contributed by atoms with E-state index in [1.54, 1.807) is 0 Å². The zero-order valence-corrected chi connectivity index (χ0v) is 9.40. The molecule has 4 nitrogen and oxygen atoms in total. The lowest BCUT2D eigenvalue weighted by atomic mass is 10.1. The number of benzene rings is 1. The van der Waals surface area contributed by atoms with Crippen LogP contribution >= 0.6 is 0 Å². The second-order valence-corrected chi connectivity index (χ2v) is 4.22. The molecule has 1 aromatic rings.